The fourth-order valence-corrected chi connectivity index (χ4v) is 7.38. The molecule has 0 radical (unpaired) electrons. The Morgan fingerprint density at radius 1 is 1.27 bits per heavy atom. The Bertz CT molecular complexity index is 899. The summed E-state index contributed by atoms with van der Waals surface area (Å²) in [6, 6.07) is 2.51. The number of carbonyl (C=O) groups is 1. The molecule has 4 aliphatic heterocycles. The monoisotopic (exact) mass is 456 g/mol. The smallest absolute Gasteiger partial charge is 0.231 e. The molecule has 1 amide bonds. The minimum absolute atomic E-state index is 0.0752. The van der Waals surface area contributed by atoms with Crippen LogP contribution in [0.25, 0.3) is 0 Å². The maximum Gasteiger partial charge on any atom is 0.231 e. The summed E-state index contributed by atoms with van der Waals surface area (Å²) in [7, 11) is 1.79. The topological polar surface area (TPSA) is 77.0 Å². The lowest BCUT2D eigenvalue weighted by Gasteiger charge is -2.39. The molecule has 0 spiro atoms. The molecule has 2 bridgehead atoms. The van der Waals surface area contributed by atoms with E-state index in [-0.39, 0.29) is 23.7 Å². The lowest BCUT2D eigenvalue weighted by atomic mass is 9.78. The third-order valence-electron chi connectivity index (χ3n) is 9.03. The number of aromatic nitrogens is 2. The molecule has 5 aliphatic rings. The van der Waals surface area contributed by atoms with E-state index < -0.39 is 0 Å². The van der Waals surface area contributed by atoms with Gasteiger partial charge < -0.3 is 24.0 Å². The highest BCUT2D eigenvalue weighted by Gasteiger charge is 2.60. The average molecular weight is 457 g/mol. The molecular weight excluding hydrogens is 420 g/mol. The molecule has 180 valence electrons. The fourth-order valence-electron chi connectivity index (χ4n) is 7.38. The van der Waals surface area contributed by atoms with Crippen molar-refractivity contribution in [2.75, 3.05) is 44.9 Å². The van der Waals surface area contributed by atoms with E-state index >= 15 is 0 Å². The Morgan fingerprint density at radius 2 is 2.18 bits per heavy atom. The number of fused-ring (bicyclic) bond motifs is 3. The van der Waals surface area contributed by atoms with Crippen molar-refractivity contribution in [1.29, 1.82) is 0 Å². The van der Waals surface area contributed by atoms with E-state index in [1.807, 2.05) is 19.2 Å². The van der Waals surface area contributed by atoms with Crippen molar-refractivity contribution >= 4 is 11.9 Å². The summed E-state index contributed by atoms with van der Waals surface area (Å²) in [5, 5.41) is 0. The molecular formula is C25H36N4O4. The van der Waals surface area contributed by atoms with Gasteiger partial charge in [0.1, 0.15) is 0 Å². The van der Waals surface area contributed by atoms with Crippen molar-refractivity contribution in [1.82, 2.24) is 14.9 Å². The first-order valence-corrected chi connectivity index (χ1v) is 12.7. The normalized spacial score (nSPS) is 39.9. The van der Waals surface area contributed by atoms with Crippen LogP contribution < -0.4 is 4.90 Å². The highest BCUT2D eigenvalue weighted by Crippen LogP contribution is 2.54. The number of aryl methyl sites for hydroxylation is 1. The van der Waals surface area contributed by atoms with Crippen LogP contribution in [0.3, 0.4) is 0 Å². The highest BCUT2D eigenvalue weighted by molar-refractivity contribution is 5.85. The standard InChI is InChI=1S/C25H36N4O4/c1-16-3-6-26-24(27-16)29-14-19-11-20(29)13-28(19)23(30)25-5-8-33-22(25)10-17(12-25)9-18-4-7-32-15-21(18)31-2/h3,6,17-22H,4-5,7-15H2,1-2H3/t17-,18-,19+,20+,21-,22-,25-/m1/s1. The van der Waals surface area contributed by atoms with Gasteiger partial charge in [-0.3, -0.25) is 4.79 Å². The van der Waals surface area contributed by atoms with E-state index in [0.717, 1.165) is 69.9 Å². The summed E-state index contributed by atoms with van der Waals surface area (Å²) in [5.41, 5.74) is 0.658. The van der Waals surface area contributed by atoms with Crippen LogP contribution >= 0.6 is 0 Å². The number of hydrogen-bond donors (Lipinski definition) is 0. The third-order valence-corrected chi connectivity index (χ3v) is 9.03. The van der Waals surface area contributed by atoms with E-state index in [1.54, 1.807) is 7.11 Å². The zero-order chi connectivity index (χ0) is 22.6. The van der Waals surface area contributed by atoms with Crippen LogP contribution in [0.4, 0.5) is 5.95 Å². The molecule has 8 heteroatoms. The van der Waals surface area contributed by atoms with E-state index in [2.05, 4.69) is 19.8 Å². The molecule has 0 N–H and O–H groups in total. The second kappa shape index (κ2) is 8.47. The fraction of sp³-hybridized carbons (Fsp3) is 0.800. The largest absolute Gasteiger partial charge is 0.379 e. The number of piperazine rings is 1. The second-order valence-corrected chi connectivity index (χ2v) is 10.9. The first-order valence-electron chi connectivity index (χ1n) is 12.7. The maximum absolute atomic E-state index is 14.0. The van der Waals surface area contributed by atoms with Crippen LogP contribution in [0.1, 0.15) is 44.2 Å². The quantitative estimate of drug-likeness (QED) is 0.672. The molecule has 4 saturated heterocycles. The van der Waals surface area contributed by atoms with Gasteiger partial charge in [-0.15, -0.1) is 0 Å². The van der Waals surface area contributed by atoms with Gasteiger partial charge in [0, 0.05) is 45.3 Å². The molecule has 33 heavy (non-hydrogen) atoms. The van der Waals surface area contributed by atoms with Gasteiger partial charge in [0.2, 0.25) is 11.9 Å². The predicted molar refractivity (Wildman–Crippen MR) is 122 cm³/mol. The molecule has 8 nitrogen and oxygen atoms in total. The predicted octanol–water partition coefficient (Wildman–Crippen LogP) is 2.20. The van der Waals surface area contributed by atoms with Crippen molar-refractivity contribution in [3.8, 4) is 0 Å². The zero-order valence-corrected chi connectivity index (χ0v) is 19.8. The number of likely N-dealkylation sites (tertiary alicyclic amines) is 1. The summed E-state index contributed by atoms with van der Waals surface area (Å²) in [5.74, 6) is 2.20. The van der Waals surface area contributed by atoms with E-state index in [9.17, 15) is 4.79 Å². The van der Waals surface area contributed by atoms with Crippen LogP contribution in [0.15, 0.2) is 12.3 Å². The number of rotatable bonds is 5. The van der Waals surface area contributed by atoms with Gasteiger partial charge in [0.25, 0.3) is 0 Å². The summed E-state index contributed by atoms with van der Waals surface area (Å²) < 4.78 is 17.5. The van der Waals surface area contributed by atoms with Crippen LogP contribution in [0, 0.1) is 24.2 Å². The average Bonchev–Trinajstić information content (AvgIpc) is 3.58. The number of carbonyl (C=O) groups excluding carboxylic acids is 1. The van der Waals surface area contributed by atoms with Crippen molar-refractivity contribution in [2.45, 2.75) is 69.7 Å². The summed E-state index contributed by atoms with van der Waals surface area (Å²) in [6.07, 6.45) is 8.10. The Hall–Kier alpha value is -1.77. The first kappa shape index (κ1) is 21.7. The van der Waals surface area contributed by atoms with Gasteiger partial charge in [-0.05, 0) is 63.4 Å². The van der Waals surface area contributed by atoms with Gasteiger partial charge in [0.15, 0.2) is 0 Å². The van der Waals surface area contributed by atoms with E-state index in [4.69, 9.17) is 14.2 Å². The van der Waals surface area contributed by atoms with Gasteiger partial charge in [-0.2, -0.15) is 0 Å². The molecule has 6 rings (SSSR count). The number of ether oxygens (including phenoxy) is 3. The van der Waals surface area contributed by atoms with Crippen molar-refractivity contribution < 1.29 is 19.0 Å². The molecule has 0 unspecified atom stereocenters. The molecule has 7 atom stereocenters. The number of methoxy groups -OCH3 is 1. The Labute approximate surface area is 196 Å². The molecule has 1 aliphatic carbocycles. The molecule has 1 aromatic rings. The van der Waals surface area contributed by atoms with Crippen LogP contribution in [-0.4, -0.2) is 85.1 Å². The molecule has 5 heterocycles. The summed E-state index contributed by atoms with van der Waals surface area (Å²) >= 11 is 0. The third kappa shape index (κ3) is 3.65. The Balaban J connectivity index is 1.14. The molecule has 0 aromatic carbocycles. The van der Waals surface area contributed by atoms with Gasteiger partial charge in [-0.25, -0.2) is 9.97 Å². The zero-order valence-electron chi connectivity index (χ0n) is 19.8. The van der Waals surface area contributed by atoms with E-state index in [0.29, 0.717) is 37.0 Å². The summed E-state index contributed by atoms with van der Waals surface area (Å²) in [6.45, 7) is 5.84. The van der Waals surface area contributed by atoms with Crippen LogP contribution in [0.5, 0.6) is 0 Å². The van der Waals surface area contributed by atoms with Crippen molar-refractivity contribution in [3.63, 3.8) is 0 Å². The minimum Gasteiger partial charge on any atom is -0.379 e. The Kier molecular flexibility index (Phi) is 5.58. The second-order valence-electron chi connectivity index (χ2n) is 10.9. The number of nitrogens with zero attached hydrogens (tertiary/aromatic N) is 4. The lowest BCUT2D eigenvalue weighted by molar-refractivity contribution is -0.145. The van der Waals surface area contributed by atoms with E-state index in [1.165, 1.54) is 0 Å². The number of amides is 1. The first-order chi connectivity index (χ1) is 16.1. The van der Waals surface area contributed by atoms with Gasteiger partial charge in [0.05, 0.1) is 36.3 Å². The number of anilines is 1. The minimum atomic E-state index is -0.326. The van der Waals surface area contributed by atoms with Crippen molar-refractivity contribution in [3.05, 3.63) is 18.0 Å². The number of hydrogen-bond acceptors (Lipinski definition) is 7. The Morgan fingerprint density at radius 3 is 2.97 bits per heavy atom. The lowest BCUT2D eigenvalue weighted by Crippen LogP contribution is -2.54. The summed E-state index contributed by atoms with van der Waals surface area (Å²) in [4.78, 5) is 27.7. The molecule has 1 aromatic heterocycles. The van der Waals surface area contributed by atoms with Crippen molar-refractivity contribution in [2.24, 2.45) is 17.3 Å². The van der Waals surface area contributed by atoms with Crippen LogP contribution in [-0.2, 0) is 19.0 Å². The van der Waals surface area contributed by atoms with Crippen LogP contribution in [0.2, 0.25) is 0 Å². The van der Waals surface area contributed by atoms with Gasteiger partial charge >= 0.3 is 0 Å². The maximum atomic E-state index is 14.0. The van der Waals surface area contributed by atoms with Gasteiger partial charge in [-0.1, -0.05) is 0 Å². The molecule has 1 saturated carbocycles. The molecule has 5 fully saturated rings. The highest BCUT2D eigenvalue weighted by atomic mass is 16.5. The SMILES string of the molecule is CO[C@@H]1COCC[C@@H]1C[C@@H]1C[C@H]2OCC[C@@]2(C(=O)N2C[C@@H]3C[C@H]2CN3c2nccc(C)n2)C1.